The number of aryl methyl sites for hydroxylation is 1. The average Bonchev–Trinajstić information content (AvgIpc) is 2.80. The summed E-state index contributed by atoms with van der Waals surface area (Å²) >= 11 is 0. The van der Waals surface area contributed by atoms with Gasteiger partial charge in [0.05, 0.1) is 0 Å². The molecule has 0 bridgehead atoms. The molecule has 0 fully saturated rings. The number of alkyl carbamates (subject to hydrolysis) is 1. The Labute approximate surface area is 209 Å². The fourth-order valence-electron chi connectivity index (χ4n) is 3.72. The summed E-state index contributed by atoms with van der Waals surface area (Å²) in [7, 11) is 0. The van der Waals surface area contributed by atoms with E-state index in [0.717, 1.165) is 29.5 Å². The van der Waals surface area contributed by atoms with Crippen LogP contribution in [0.1, 0.15) is 70.2 Å². The van der Waals surface area contributed by atoms with Crippen molar-refractivity contribution >= 4 is 17.9 Å². The molecule has 0 heterocycles. The fraction of sp³-hybridized carbons (Fsp3) is 0.464. The van der Waals surface area contributed by atoms with Crippen LogP contribution in [0.15, 0.2) is 54.6 Å². The molecule has 3 amide bonds. The maximum absolute atomic E-state index is 13.6. The van der Waals surface area contributed by atoms with Crippen molar-refractivity contribution in [3.05, 3.63) is 71.3 Å². The van der Waals surface area contributed by atoms with E-state index in [-0.39, 0.29) is 11.8 Å². The largest absolute Gasteiger partial charge is 0.444 e. The number of unbranched alkanes of at least 4 members (excludes halogenated alkanes) is 1. The highest BCUT2D eigenvalue weighted by molar-refractivity contribution is 5.92. The zero-order chi connectivity index (χ0) is 26.0. The number of rotatable bonds is 10. The predicted octanol–water partition coefficient (Wildman–Crippen LogP) is 4.89. The van der Waals surface area contributed by atoms with E-state index in [1.807, 2.05) is 68.4 Å². The topological polar surface area (TPSA) is 87.7 Å². The Bertz CT molecular complexity index is 985. The number of amides is 3. The number of carbonyl (C=O) groups excluding carboxylic acids is 3. The van der Waals surface area contributed by atoms with E-state index in [1.54, 1.807) is 32.6 Å². The van der Waals surface area contributed by atoms with Crippen molar-refractivity contribution in [3.8, 4) is 0 Å². The van der Waals surface area contributed by atoms with Crippen molar-refractivity contribution in [2.75, 3.05) is 6.54 Å². The van der Waals surface area contributed by atoms with E-state index >= 15 is 0 Å². The summed E-state index contributed by atoms with van der Waals surface area (Å²) in [6.07, 6.45) is 0.901. The third kappa shape index (κ3) is 8.74. The third-order valence-electron chi connectivity index (χ3n) is 5.49. The number of nitrogens with zero attached hydrogens (tertiary/aromatic N) is 1. The normalized spacial score (nSPS) is 12.9. The molecule has 35 heavy (non-hydrogen) atoms. The highest BCUT2D eigenvalue weighted by Crippen LogP contribution is 2.26. The minimum Gasteiger partial charge on any atom is -0.444 e. The van der Waals surface area contributed by atoms with Crippen molar-refractivity contribution in [3.63, 3.8) is 0 Å². The van der Waals surface area contributed by atoms with Gasteiger partial charge in [0.25, 0.3) is 0 Å². The zero-order valence-corrected chi connectivity index (χ0v) is 21.8. The Morgan fingerprint density at radius 3 is 2.23 bits per heavy atom. The first-order valence-corrected chi connectivity index (χ1v) is 12.2. The van der Waals surface area contributed by atoms with Crippen LogP contribution in [0.2, 0.25) is 0 Å². The Morgan fingerprint density at radius 2 is 1.63 bits per heavy atom. The zero-order valence-electron chi connectivity index (χ0n) is 21.8. The number of ether oxygens (including phenoxy) is 1. The standard InChI is InChI=1S/C28H39N3O4/c1-7-8-18-31(26(33)21(3)30-27(34)35-28(4,5)6)24(23-17-13-12-14-20(23)2)25(32)29-19-22-15-10-9-11-16-22/h9-17,21,24H,7-8,18-19H2,1-6H3,(H,29,32)(H,30,34). The van der Waals surface area contributed by atoms with Gasteiger partial charge < -0.3 is 20.3 Å². The Balaban J connectivity index is 2.35. The molecule has 0 aliphatic rings. The van der Waals surface area contributed by atoms with Gasteiger partial charge in [0, 0.05) is 13.1 Å². The van der Waals surface area contributed by atoms with Crippen LogP contribution in [0.5, 0.6) is 0 Å². The van der Waals surface area contributed by atoms with Gasteiger partial charge in [0.2, 0.25) is 11.8 Å². The minimum absolute atomic E-state index is 0.267. The summed E-state index contributed by atoms with van der Waals surface area (Å²) in [6, 6.07) is 15.5. The summed E-state index contributed by atoms with van der Waals surface area (Å²) in [5, 5.41) is 5.63. The maximum Gasteiger partial charge on any atom is 0.408 e. The van der Waals surface area contributed by atoms with Gasteiger partial charge in [0.1, 0.15) is 17.7 Å². The van der Waals surface area contributed by atoms with Crippen molar-refractivity contribution in [2.24, 2.45) is 0 Å². The lowest BCUT2D eigenvalue weighted by atomic mass is 9.97. The molecule has 2 atom stereocenters. The van der Waals surface area contributed by atoms with Gasteiger partial charge in [-0.3, -0.25) is 9.59 Å². The van der Waals surface area contributed by atoms with Crippen LogP contribution in [-0.4, -0.2) is 41.0 Å². The first-order valence-electron chi connectivity index (χ1n) is 12.2. The third-order valence-corrected chi connectivity index (χ3v) is 5.49. The molecule has 2 rings (SSSR count). The van der Waals surface area contributed by atoms with Gasteiger partial charge >= 0.3 is 6.09 Å². The summed E-state index contributed by atoms with van der Waals surface area (Å²) in [5.41, 5.74) is 1.95. The molecule has 7 heteroatoms. The quantitative estimate of drug-likeness (QED) is 0.506. The number of nitrogens with one attached hydrogen (secondary N) is 2. The smallest absolute Gasteiger partial charge is 0.408 e. The number of benzene rings is 2. The lowest BCUT2D eigenvalue weighted by Crippen LogP contribution is -2.52. The van der Waals surface area contributed by atoms with Crippen molar-refractivity contribution in [1.29, 1.82) is 0 Å². The van der Waals surface area contributed by atoms with Crippen molar-refractivity contribution in [1.82, 2.24) is 15.5 Å². The van der Waals surface area contributed by atoms with Gasteiger partial charge in [-0.1, -0.05) is 67.9 Å². The van der Waals surface area contributed by atoms with Crippen LogP contribution < -0.4 is 10.6 Å². The minimum atomic E-state index is -0.866. The van der Waals surface area contributed by atoms with Crippen molar-refractivity contribution in [2.45, 2.75) is 78.6 Å². The molecule has 0 saturated heterocycles. The molecule has 2 unspecified atom stereocenters. The van der Waals surface area contributed by atoms with Crippen LogP contribution in [0.3, 0.4) is 0 Å². The second kappa shape index (κ2) is 12.9. The van der Waals surface area contributed by atoms with Gasteiger partial charge in [-0.2, -0.15) is 0 Å². The molecule has 0 radical (unpaired) electrons. The van der Waals surface area contributed by atoms with Gasteiger partial charge in [0.15, 0.2) is 0 Å². The molecule has 2 aromatic rings. The first kappa shape index (κ1) is 27.9. The fourth-order valence-corrected chi connectivity index (χ4v) is 3.72. The number of hydrogen-bond acceptors (Lipinski definition) is 4. The SMILES string of the molecule is CCCCN(C(=O)C(C)NC(=O)OC(C)(C)C)C(C(=O)NCc1ccccc1)c1ccccc1C. The molecular formula is C28H39N3O4. The van der Waals surface area contributed by atoms with Gasteiger partial charge in [-0.15, -0.1) is 0 Å². The van der Waals surface area contributed by atoms with Crippen LogP contribution in [0.4, 0.5) is 4.79 Å². The molecule has 0 aliphatic carbocycles. The molecule has 0 saturated carbocycles. The summed E-state index contributed by atoms with van der Waals surface area (Å²) < 4.78 is 5.32. The number of carbonyl (C=O) groups is 3. The highest BCUT2D eigenvalue weighted by atomic mass is 16.6. The molecule has 0 aromatic heterocycles. The molecule has 190 valence electrons. The van der Waals surface area contributed by atoms with E-state index in [4.69, 9.17) is 4.74 Å². The summed E-state index contributed by atoms with van der Waals surface area (Å²) in [5.74, 6) is -0.607. The van der Waals surface area contributed by atoms with Gasteiger partial charge in [-0.25, -0.2) is 4.79 Å². The van der Waals surface area contributed by atoms with E-state index in [0.29, 0.717) is 13.1 Å². The summed E-state index contributed by atoms with van der Waals surface area (Å²) in [6.45, 7) is 11.6. The first-order chi connectivity index (χ1) is 16.5. The molecule has 2 N–H and O–H groups in total. The van der Waals surface area contributed by atoms with E-state index in [9.17, 15) is 14.4 Å². The molecule has 0 aliphatic heterocycles. The lowest BCUT2D eigenvalue weighted by Gasteiger charge is -2.34. The molecule has 2 aromatic carbocycles. The highest BCUT2D eigenvalue weighted by Gasteiger charge is 2.35. The Morgan fingerprint density at radius 1 is 1.00 bits per heavy atom. The Kier molecular flexibility index (Phi) is 10.3. The molecule has 7 nitrogen and oxygen atoms in total. The second-order valence-electron chi connectivity index (χ2n) is 9.72. The molecular weight excluding hydrogens is 442 g/mol. The average molecular weight is 482 g/mol. The number of hydrogen-bond donors (Lipinski definition) is 2. The van der Waals surface area contributed by atoms with Crippen LogP contribution >= 0.6 is 0 Å². The maximum atomic E-state index is 13.6. The van der Waals surface area contributed by atoms with E-state index in [1.165, 1.54) is 0 Å². The summed E-state index contributed by atoms with van der Waals surface area (Å²) in [4.78, 5) is 41.1. The predicted molar refractivity (Wildman–Crippen MR) is 138 cm³/mol. The lowest BCUT2D eigenvalue weighted by molar-refractivity contribution is -0.142. The monoisotopic (exact) mass is 481 g/mol. The van der Waals surface area contributed by atoms with Crippen LogP contribution in [-0.2, 0) is 20.9 Å². The van der Waals surface area contributed by atoms with Crippen LogP contribution in [0.25, 0.3) is 0 Å². The van der Waals surface area contributed by atoms with E-state index < -0.39 is 23.8 Å². The Hall–Kier alpha value is -3.35. The van der Waals surface area contributed by atoms with Crippen LogP contribution in [0, 0.1) is 6.92 Å². The second-order valence-corrected chi connectivity index (χ2v) is 9.72. The van der Waals surface area contributed by atoms with Gasteiger partial charge in [-0.05, 0) is 57.7 Å². The van der Waals surface area contributed by atoms with Crippen molar-refractivity contribution < 1.29 is 19.1 Å². The molecule has 0 spiro atoms. The van der Waals surface area contributed by atoms with E-state index in [2.05, 4.69) is 10.6 Å².